The molecule has 1 atom stereocenters. The van der Waals surface area contributed by atoms with Gasteiger partial charge in [-0.3, -0.25) is 4.79 Å². The molecular weight excluding hydrogens is 250 g/mol. The zero-order chi connectivity index (χ0) is 9.84. The van der Waals surface area contributed by atoms with Crippen LogP contribution in [0, 0.1) is 5.92 Å². The summed E-state index contributed by atoms with van der Waals surface area (Å²) in [7, 11) is 0. The Bertz CT molecular complexity index is 294. The molecule has 1 heterocycles. The average Bonchev–Trinajstić information content (AvgIpc) is 2.54. The van der Waals surface area contributed by atoms with E-state index in [-0.39, 0.29) is 11.7 Å². The third-order valence-corrected chi connectivity index (χ3v) is 3.66. The number of thiophene rings is 1. The lowest BCUT2D eigenvalue weighted by Gasteiger charge is -2.08. The standard InChI is InChI=1S/C9H12BrNOS/c1-2-6(4-11)9(12)8-3-7(10)5-13-8/h3,5-6H,2,4,11H2,1H3. The van der Waals surface area contributed by atoms with Gasteiger partial charge in [-0.2, -0.15) is 0 Å². The lowest BCUT2D eigenvalue weighted by atomic mass is 10.0. The zero-order valence-corrected chi connectivity index (χ0v) is 9.82. The van der Waals surface area contributed by atoms with Gasteiger partial charge >= 0.3 is 0 Å². The molecule has 0 spiro atoms. The highest BCUT2D eigenvalue weighted by Crippen LogP contribution is 2.23. The van der Waals surface area contributed by atoms with Crippen LogP contribution < -0.4 is 5.73 Å². The second-order valence-corrected chi connectivity index (χ2v) is 4.66. The molecule has 0 aromatic carbocycles. The van der Waals surface area contributed by atoms with Gasteiger partial charge in [0.15, 0.2) is 5.78 Å². The number of halogens is 1. The van der Waals surface area contributed by atoms with E-state index in [1.54, 1.807) is 0 Å². The van der Waals surface area contributed by atoms with Crippen molar-refractivity contribution in [3.8, 4) is 0 Å². The van der Waals surface area contributed by atoms with Gasteiger partial charge in [0.2, 0.25) is 0 Å². The van der Waals surface area contributed by atoms with Crippen molar-refractivity contribution in [3.05, 3.63) is 20.8 Å². The molecule has 0 radical (unpaired) electrons. The van der Waals surface area contributed by atoms with Crippen molar-refractivity contribution in [3.63, 3.8) is 0 Å². The predicted octanol–water partition coefficient (Wildman–Crippen LogP) is 2.68. The maximum atomic E-state index is 11.7. The fourth-order valence-corrected chi connectivity index (χ4v) is 2.55. The Morgan fingerprint density at radius 2 is 2.46 bits per heavy atom. The van der Waals surface area contributed by atoms with Gasteiger partial charge in [0, 0.05) is 22.3 Å². The number of rotatable bonds is 4. The first-order valence-electron chi connectivity index (χ1n) is 4.17. The van der Waals surface area contributed by atoms with E-state index in [0.717, 1.165) is 15.8 Å². The highest BCUT2D eigenvalue weighted by molar-refractivity contribution is 9.10. The summed E-state index contributed by atoms with van der Waals surface area (Å²) in [5.74, 6) is 0.145. The third-order valence-electron chi connectivity index (χ3n) is 1.96. The number of ketones is 1. The second-order valence-electron chi connectivity index (χ2n) is 2.83. The second kappa shape index (κ2) is 4.88. The van der Waals surface area contributed by atoms with Gasteiger partial charge in [0.1, 0.15) is 0 Å². The molecule has 72 valence electrons. The van der Waals surface area contributed by atoms with E-state index in [1.807, 2.05) is 18.4 Å². The topological polar surface area (TPSA) is 43.1 Å². The maximum absolute atomic E-state index is 11.7. The first kappa shape index (κ1) is 10.9. The predicted molar refractivity (Wildman–Crippen MR) is 59.2 cm³/mol. The van der Waals surface area contributed by atoms with Crippen LogP contribution in [0.1, 0.15) is 23.0 Å². The lowest BCUT2D eigenvalue weighted by molar-refractivity contribution is 0.0925. The zero-order valence-electron chi connectivity index (χ0n) is 7.42. The van der Waals surface area contributed by atoms with Gasteiger partial charge in [-0.05, 0) is 28.4 Å². The molecule has 0 aliphatic carbocycles. The monoisotopic (exact) mass is 261 g/mol. The number of nitrogens with two attached hydrogens (primary N) is 1. The Labute approximate surface area is 90.3 Å². The number of Topliss-reactive ketones (excluding diaryl/α,β-unsaturated/α-hetero) is 1. The molecule has 0 saturated carbocycles. The molecular formula is C9H12BrNOS. The molecule has 0 aliphatic heterocycles. The summed E-state index contributed by atoms with van der Waals surface area (Å²) >= 11 is 4.79. The van der Waals surface area contributed by atoms with Gasteiger partial charge < -0.3 is 5.73 Å². The van der Waals surface area contributed by atoms with E-state index in [2.05, 4.69) is 15.9 Å². The van der Waals surface area contributed by atoms with E-state index in [9.17, 15) is 4.79 Å². The summed E-state index contributed by atoms with van der Waals surface area (Å²) in [5, 5.41) is 1.91. The quantitative estimate of drug-likeness (QED) is 0.848. The van der Waals surface area contributed by atoms with Gasteiger partial charge in [-0.25, -0.2) is 0 Å². The van der Waals surface area contributed by atoms with Crippen LogP contribution in [0.15, 0.2) is 15.9 Å². The van der Waals surface area contributed by atoms with Crippen molar-refractivity contribution in [2.75, 3.05) is 6.54 Å². The minimum absolute atomic E-state index is 0.0226. The number of hydrogen-bond donors (Lipinski definition) is 1. The van der Waals surface area contributed by atoms with Gasteiger partial charge in [0.05, 0.1) is 4.88 Å². The fourth-order valence-electron chi connectivity index (χ4n) is 1.10. The van der Waals surface area contributed by atoms with Gasteiger partial charge in [0.25, 0.3) is 0 Å². The average molecular weight is 262 g/mol. The van der Waals surface area contributed by atoms with Crippen LogP contribution in [0.4, 0.5) is 0 Å². The van der Waals surface area contributed by atoms with Crippen molar-refractivity contribution in [2.24, 2.45) is 11.7 Å². The van der Waals surface area contributed by atoms with E-state index in [0.29, 0.717) is 6.54 Å². The summed E-state index contributed by atoms with van der Waals surface area (Å²) < 4.78 is 0.965. The Balaban J connectivity index is 2.78. The molecule has 1 aromatic rings. The van der Waals surface area contributed by atoms with Gasteiger partial charge in [-0.1, -0.05) is 6.92 Å². The van der Waals surface area contributed by atoms with Gasteiger partial charge in [-0.15, -0.1) is 11.3 Å². The summed E-state index contributed by atoms with van der Waals surface area (Å²) in [6.07, 6.45) is 0.810. The largest absolute Gasteiger partial charge is 0.330 e. The number of carbonyl (C=O) groups is 1. The van der Waals surface area contributed by atoms with Crippen molar-refractivity contribution >= 4 is 33.0 Å². The molecule has 4 heteroatoms. The van der Waals surface area contributed by atoms with E-state index < -0.39 is 0 Å². The molecule has 1 aromatic heterocycles. The minimum atomic E-state index is -0.0226. The first-order chi connectivity index (χ1) is 6.19. The molecule has 0 aliphatic rings. The molecule has 0 fully saturated rings. The molecule has 0 amide bonds. The van der Waals surface area contributed by atoms with Crippen LogP contribution in [0.3, 0.4) is 0 Å². The molecule has 2 N–H and O–H groups in total. The van der Waals surface area contributed by atoms with Crippen molar-refractivity contribution in [1.82, 2.24) is 0 Å². The summed E-state index contributed by atoms with van der Waals surface area (Å²) in [5.41, 5.74) is 5.50. The van der Waals surface area contributed by atoms with E-state index >= 15 is 0 Å². The SMILES string of the molecule is CCC(CN)C(=O)c1cc(Br)cs1. The molecule has 13 heavy (non-hydrogen) atoms. The lowest BCUT2D eigenvalue weighted by Crippen LogP contribution is -2.22. The molecule has 2 nitrogen and oxygen atoms in total. The van der Waals surface area contributed by atoms with Crippen LogP contribution in [0.2, 0.25) is 0 Å². The molecule has 0 saturated heterocycles. The summed E-state index contributed by atoms with van der Waals surface area (Å²) in [6, 6.07) is 1.85. The smallest absolute Gasteiger partial charge is 0.177 e. The summed E-state index contributed by atoms with van der Waals surface area (Å²) in [4.78, 5) is 12.5. The van der Waals surface area contributed by atoms with Crippen molar-refractivity contribution in [1.29, 1.82) is 0 Å². The third kappa shape index (κ3) is 2.62. The van der Waals surface area contributed by atoms with Crippen LogP contribution in [0.25, 0.3) is 0 Å². The first-order valence-corrected chi connectivity index (χ1v) is 5.84. The summed E-state index contributed by atoms with van der Waals surface area (Å²) in [6.45, 7) is 2.42. The Morgan fingerprint density at radius 1 is 1.77 bits per heavy atom. The number of carbonyl (C=O) groups excluding carboxylic acids is 1. The maximum Gasteiger partial charge on any atom is 0.177 e. The minimum Gasteiger partial charge on any atom is -0.330 e. The van der Waals surface area contributed by atoms with Crippen LogP contribution in [-0.4, -0.2) is 12.3 Å². The Kier molecular flexibility index (Phi) is 4.09. The van der Waals surface area contributed by atoms with E-state index in [4.69, 9.17) is 5.73 Å². The molecule has 1 rings (SSSR count). The van der Waals surface area contributed by atoms with Crippen LogP contribution in [0.5, 0.6) is 0 Å². The van der Waals surface area contributed by atoms with E-state index in [1.165, 1.54) is 11.3 Å². The fraction of sp³-hybridized carbons (Fsp3) is 0.444. The highest BCUT2D eigenvalue weighted by Gasteiger charge is 2.17. The van der Waals surface area contributed by atoms with Crippen molar-refractivity contribution in [2.45, 2.75) is 13.3 Å². The normalized spacial score (nSPS) is 12.8. The number of hydrogen-bond acceptors (Lipinski definition) is 3. The van der Waals surface area contributed by atoms with Crippen LogP contribution in [-0.2, 0) is 0 Å². The van der Waals surface area contributed by atoms with Crippen molar-refractivity contribution < 1.29 is 4.79 Å². The Hall–Kier alpha value is -0.190. The molecule has 1 unspecified atom stereocenters. The van der Waals surface area contributed by atoms with Crippen LogP contribution >= 0.6 is 27.3 Å². The highest BCUT2D eigenvalue weighted by atomic mass is 79.9. The Morgan fingerprint density at radius 3 is 2.85 bits per heavy atom. The molecule has 0 bridgehead atoms.